The maximum absolute atomic E-state index is 15.9. The van der Waals surface area contributed by atoms with Crippen molar-refractivity contribution in [1.29, 1.82) is 0 Å². The zero-order valence-corrected chi connectivity index (χ0v) is 42.1. The van der Waals surface area contributed by atoms with Crippen molar-refractivity contribution in [3.8, 4) is 22.3 Å². The second kappa shape index (κ2) is 17.5. The molecule has 348 valence electrons. The van der Waals surface area contributed by atoms with Crippen molar-refractivity contribution in [1.82, 2.24) is 0 Å². The molecule has 0 aromatic heterocycles. The highest BCUT2D eigenvalue weighted by atomic mass is 31.2. The minimum Gasteiger partial charge on any atom is -0.309 e. The number of fused-ring (bicyclic) bond motifs is 10. The molecule has 0 aliphatic heterocycles. The summed E-state index contributed by atoms with van der Waals surface area (Å²) >= 11 is 0. The average molecular weight is 981 g/mol. The van der Waals surface area contributed by atoms with Crippen molar-refractivity contribution < 1.29 is 9.13 Å². The Bertz CT molecular complexity index is 4190. The molecule has 0 N–H and O–H groups in total. The van der Waals surface area contributed by atoms with Gasteiger partial charge in [-0.2, -0.15) is 0 Å². The van der Waals surface area contributed by atoms with Gasteiger partial charge in [0.05, 0.1) is 0 Å². The molecule has 14 aromatic rings. The first-order chi connectivity index (χ1) is 36.4. The fourth-order valence-corrected chi connectivity index (χ4v) is 16.8. The number of hydrogen-bond acceptors (Lipinski definition) is 2. The second-order valence-corrected chi connectivity index (χ2v) is 25.0. The fraction of sp³-hybridized carbons (Fsp3) is 0. The SMILES string of the molecule is O=P(c1ccc(-c2ccc3c4ccc(-c5ccc(P(=O)(c6ccc7ccccc7c6)c6ccc7ccccc7c6)cc5)cc4c4ccccc4c3c2)cc1)(c1ccc2ccccc2c1)c1ccc2ccccc2c1. The van der Waals surface area contributed by atoms with Gasteiger partial charge in [0.25, 0.3) is 0 Å². The van der Waals surface area contributed by atoms with Gasteiger partial charge in [-0.05, 0) is 134 Å². The van der Waals surface area contributed by atoms with Crippen molar-refractivity contribution >= 4 is 122 Å². The molecule has 0 saturated carbocycles. The summed E-state index contributed by atoms with van der Waals surface area (Å²) in [6, 6.07) is 97.2. The summed E-state index contributed by atoms with van der Waals surface area (Å²) in [5.41, 5.74) is 4.32. The Balaban J connectivity index is 0.833. The van der Waals surface area contributed by atoms with Gasteiger partial charge in [0.1, 0.15) is 0 Å². The first kappa shape index (κ1) is 44.1. The van der Waals surface area contributed by atoms with E-state index in [-0.39, 0.29) is 0 Å². The van der Waals surface area contributed by atoms with Gasteiger partial charge in [-0.1, -0.05) is 243 Å². The Hall–Kier alpha value is -8.64. The van der Waals surface area contributed by atoms with Gasteiger partial charge in [-0.15, -0.1) is 0 Å². The van der Waals surface area contributed by atoms with E-state index in [0.717, 1.165) is 97.2 Å². The molecule has 14 rings (SSSR count). The van der Waals surface area contributed by atoms with E-state index in [1.54, 1.807) is 0 Å². The van der Waals surface area contributed by atoms with Gasteiger partial charge < -0.3 is 9.13 Å². The summed E-state index contributed by atoms with van der Waals surface area (Å²) in [4.78, 5) is 0. The zero-order valence-electron chi connectivity index (χ0n) is 40.3. The van der Waals surface area contributed by atoms with Crippen LogP contribution in [0.15, 0.2) is 279 Å². The van der Waals surface area contributed by atoms with E-state index in [1.807, 2.05) is 72.8 Å². The van der Waals surface area contributed by atoms with Crippen LogP contribution in [0.5, 0.6) is 0 Å². The molecule has 0 aliphatic carbocycles. The molecule has 0 saturated heterocycles. The predicted octanol–water partition coefficient (Wildman–Crippen LogP) is 16.4. The van der Waals surface area contributed by atoms with Crippen molar-refractivity contribution in [3.63, 3.8) is 0 Å². The molecule has 0 fully saturated rings. The summed E-state index contributed by atoms with van der Waals surface area (Å²) in [5.74, 6) is 0. The molecular formula is C70H46O2P2. The number of benzene rings is 14. The first-order valence-electron chi connectivity index (χ1n) is 25.2. The van der Waals surface area contributed by atoms with Crippen molar-refractivity contribution in [3.05, 3.63) is 279 Å². The standard InChI is InChI=1S/C70H46O2P2/c71-73(61-35-25-47-11-1-5-15-53(47)41-61,62-36-26-48-12-2-6-16-54(48)42-62)59-31-21-51(22-32-59)57-29-39-67-68-40-30-58(46-70(68)66-20-10-9-19-65(66)69(67)45-57)52-23-33-60(34-24-52)74(72,63-37-27-49-13-3-7-17-55(49)43-63)64-38-28-50-14-4-8-18-56(50)44-64/h1-46H. The van der Waals surface area contributed by atoms with E-state index in [2.05, 4.69) is 206 Å². The Morgan fingerprint density at radius 2 is 0.419 bits per heavy atom. The van der Waals surface area contributed by atoms with E-state index in [1.165, 1.54) is 32.3 Å². The molecule has 2 nitrogen and oxygen atoms in total. The minimum atomic E-state index is -3.29. The lowest BCUT2D eigenvalue weighted by molar-refractivity contribution is 0.591. The van der Waals surface area contributed by atoms with Crippen LogP contribution in [0, 0.1) is 0 Å². The van der Waals surface area contributed by atoms with E-state index in [9.17, 15) is 0 Å². The molecule has 0 radical (unpaired) electrons. The fourth-order valence-electron chi connectivity index (χ4n) is 11.4. The Morgan fingerprint density at radius 3 is 0.730 bits per heavy atom. The first-order valence-corrected chi connectivity index (χ1v) is 28.6. The minimum absolute atomic E-state index is 0.804. The molecule has 0 amide bonds. The lowest BCUT2D eigenvalue weighted by Gasteiger charge is -2.21. The van der Waals surface area contributed by atoms with Crippen LogP contribution in [-0.4, -0.2) is 0 Å². The molecule has 0 bridgehead atoms. The van der Waals surface area contributed by atoms with Crippen LogP contribution < -0.4 is 31.8 Å². The van der Waals surface area contributed by atoms with Crippen molar-refractivity contribution in [2.75, 3.05) is 0 Å². The van der Waals surface area contributed by atoms with Crippen LogP contribution in [0.25, 0.3) is 97.7 Å². The zero-order chi connectivity index (χ0) is 49.4. The number of rotatable bonds is 8. The summed E-state index contributed by atoms with van der Waals surface area (Å²) < 4.78 is 31.9. The molecule has 74 heavy (non-hydrogen) atoms. The van der Waals surface area contributed by atoms with Gasteiger partial charge >= 0.3 is 0 Å². The van der Waals surface area contributed by atoms with Gasteiger partial charge in [0.15, 0.2) is 14.3 Å². The van der Waals surface area contributed by atoms with E-state index in [0.29, 0.717) is 0 Å². The molecule has 0 aliphatic rings. The third kappa shape index (κ3) is 7.25. The smallest absolute Gasteiger partial charge is 0.171 e. The van der Waals surface area contributed by atoms with Gasteiger partial charge in [-0.25, -0.2) is 0 Å². The normalized spacial score (nSPS) is 12.2. The van der Waals surface area contributed by atoms with Crippen molar-refractivity contribution in [2.24, 2.45) is 0 Å². The van der Waals surface area contributed by atoms with Crippen LogP contribution >= 0.6 is 14.3 Å². The van der Waals surface area contributed by atoms with Crippen LogP contribution in [0.4, 0.5) is 0 Å². The molecule has 14 aromatic carbocycles. The van der Waals surface area contributed by atoms with Crippen LogP contribution in [0.2, 0.25) is 0 Å². The van der Waals surface area contributed by atoms with E-state index < -0.39 is 14.3 Å². The van der Waals surface area contributed by atoms with Gasteiger partial charge in [0, 0.05) is 31.8 Å². The Kier molecular flexibility index (Phi) is 10.5. The summed E-state index contributed by atoms with van der Waals surface area (Å²) in [6.07, 6.45) is 0. The quantitative estimate of drug-likeness (QED) is 0.112. The van der Waals surface area contributed by atoms with Crippen LogP contribution in [0.3, 0.4) is 0 Å². The highest BCUT2D eigenvalue weighted by molar-refractivity contribution is 7.85. The summed E-state index contributed by atoms with van der Waals surface area (Å²) in [6.45, 7) is 0. The molecular weight excluding hydrogens is 935 g/mol. The third-order valence-electron chi connectivity index (χ3n) is 15.4. The topological polar surface area (TPSA) is 34.1 Å². The Morgan fingerprint density at radius 1 is 0.176 bits per heavy atom. The van der Waals surface area contributed by atoms with Crippen molar-refractivity contribution in [2.45, 2.75) is 0 Å². The molecule has 0 heterocycles. The summed E-state index contributed by atoms with van der Waals surface area (Å²) in [5, 5.41) is 20.8. The maximum atomic E-state index is 15.9. The Labute approximate surface area is 429 Å². The molecule has 4 heteroatoms. The highest BCUT2D eigenvalue weighted by Crippen LogP contribution is 2.46. The van der Waals surface area contributed by atoms with Crippen LogP contribution in [0.1, 0.15) is 0 Å². The van der Waals surface area contributed by atoms with Gasteiger partial charge in [0.2, 0.25) is 0 Å². The molecule has 0 spiro atoms. The van der Waals surface area contributed by atoms with Gasteiger partial charge in [-0.3, -0.25) is 0 Å². The number of hydrogen-bond donors (Lipinski definition) is 0. The van der Waals surface area contributed by atoms with E-state index in [4.69, 9.17) is 0 Å². The highest BCUT2D eigenvalue weighted by Gasteiger charge is 2.32. The lowest BCUT2D eigenvalue weighted by atomic mass is 9.90. The lowest BCUT2D eigenvalue weighted by Crippen LogP contribution is -2.25. The van der Waals surface area contributed by atoms with Crippen LogP contribution in [-0.2, 0) is 9.13 Å². The third-order valence-corrected chi connectivity index (χ3v) is 21.4. The predicted molar refractivity (Wildman–Crippen MR) is 319 cm³/mol. The molecule has 0 unspecified atom stereocenters. The second-order valence-electron chi connectivity index (χ2n) is 19.5. The maximum Gasteiger partial charge on any atom is 0.171 e. The average Bonchev–Trinajstić information content (AvgIpc) is 3.48. The summed E-state index contributed by atoms with van der Waals surface area (Å²) in [7, 11) is -6.57. The largest absolute Gasteiger partial charge is 0.309 e. The van der Waals surface area contributed by atoms with E-state index >= 15 is 9.13 Å². The molecule has 0 atom stereocenters. The monoisotopic (exact) mass is 980 g/mol.